The molecule has 2 amide bonds. The van der Waals surface area contributed by atoms with Gasteiger partial charge in [0.25, 0.3) is 11.8 Å². The van der Waals surface area contributed by atoms with Crippen molar-refractivity contribution in [2.24, 2.45) is 0 Å². The average molecular weight is 393 g/mol. The van der Waals surface area contributed by atoms with E-state index >= 15 is 0 Å². The highest BCUT2D eigenvalue weighted by Crippen LogP contribution is 2.21. The van der Waals surface area contributed by atoms with Crippen LogP contribution in [0.15, 0.2) is 30.3 Å². The van der Waals surface area contributed by atoms with Gasteiger partial charge in [-0.1, -0.05) is 11.3 Å². The monoisotopic (exact) mass is 393 g/mol. The van der Waals surface area contributed by atoms with Crippen LogP contribution in [0.5, 0.6) is 0 Å². The van der Waals surface area contributed by atoms with Gasteiger partial charge in [-0.15, -0.1) is 5.10 Å². The number of rotatable bonds is 6. The first kappa shape index (κ1) is 19.6. The van der Waals surface area contributed by atoms with Crippen molar-refractivity contribution in [2.75, 3.05) is 6.54 Å². The summed E-state index contributed by atoms with van der Waals surface area (Å²) < 4.78 is 38.1. The molecule has 0 bridgehead atoms. The van der Waals surface area contributed by atoms with Gasteiger partial charge in [-0.05, 0) is 50.1 Å². The highest BCUT2D eigenvalue weighted by molar-refractivity contribution is 5.96. The number of alkyl halides is 3. The molecule has 1 aliphatic rings. The standard InChI is InChI=1S/C18H18F3N5O2/c1-2-3-14-15(17(28)23-12-6-7-12)24-25-26(14)13-8-4-11(5-9-13)16(27)22-10-18(19,20)21/h2-5,8-9,12H,6-7,10H2,1H3,(H,22,27)(H,23,28). The molecule has 148 valence electrons. The van der Waals surface area contributed by atoms with E-state index in [-0.39, 0.29) is 23.2 Å². The Kier molecular flexibility index (Phi) is 5.48. The number of nitrogens with one attached hydrogen (secondary N) is 2. The van der Waals surface area contributed by atoms with Crippen LogP contribution in [-0.4, -0.2) is 45.6 Å². The fourth-order valence-corrected chi connectivity index (χ4v) is 2.47. The summed E-state index contributed by atoms with van der Waals surface area (Å²) in [6.45, 7) is 0.384. The summed E-state index contributed by atoms with van der Waals surface area (Å²) in [4.78, 5) is 24.1. The van der Waals surface area contributed by atoms with Gasteiger partial charge in [0.05, 0.1) is 11.4 Å². The Labute approximate surface area is 158 Å². The number of amides is 2. The first-order valence-electron chi connectivity index (χ1n) is 8.63. The van der Waals surface area contributed by atoms with Gasteiger partial charge in [0, 0.05) is 11.6 Å². The lowest BCUT2D eigenvalue weighted by molar-refractivity contribution is -0.123. The molecule has 0 aliphatic heterocycles. The maximum Gasteiger partial charge on any atom is 0.405 e. The summed E-state index contributed by atoms with van der Waals surface area (Å²) in [5.74, 6) is -1.15. The van der Waals surface area contributed by atoms with Gasteiger partial charge < -0.3 is 10.6 Å². The van der Waals surface area contributed by atoms with Crippen molar-refractivity contribution >= 4 is 17.9 Å². The Bertz CT molecular complexity index is 899. The van der Waals surface area contributed by atoms with Crippen LogP contribution in [0, 0.1) is 0 Å². The normalized spacial score (nSPS) is 14.3. The average Bonchev–Trinajstić information content (AvgIpc) is 3.36. The number of hydrogen-bond acceptors (Lipinski definition) is 4. The van der Waals surface area contributed by atoms with E-state index in [9.17, 15) is 22.8 Å². The quantitative estimate of drug-likeness (QED) is 0.789. The molecule has 1 aromatic heterocycles. The molecular formula is C18H18F3N5O2. The van der Waals surface area contributed by atoms with Crippen molar-refractivity contribution in [3.63, 3.8) is 0 Å². The zero-order valence-corrected chi connectivity index (χ0v) is 15.0. The molecule has 1 aromatic carbocycles. The van der Waals surface area contributed by atoms with Gasteiger partial charge in [0.2, 0.25) is 0 Å². The molecule has 0 unspecified atom stereocenters. The third-order valence-electron chi connectivity index (χ3n) is 3.98. The first-order valence-corrected chi connectivity index (χ1v) is 8.63. The molecule has 1 heterocycles. The molecule has 1 aliphatic carbocycles. The van der Waals surface area contributed by atoms with Crippen LogP contribution in [-0.2, 0) is 0 Å². The molecule has 2 aromatic rings. The number of nitrogens with zero attached hydrogens (tertiary/aromatic N) is 3. The van der Waals surface area contributed by atoms with E-state index in [0.717, 1.165) is 12.8 Å². The number of hydrogen-bond donors (Lipinski definition) is 2. The fraction of sp³-hybridized carbons (Fsp3) is 0.333. The van der Waals surface area contributed by atoms with Crippen molar-refractivity contribution in [3.8, 4) is 5.69 Å². The Morgan fingerprint density at radius 1 is 1.21 bits per heavy atom. The Morgan fingerprint density at radius 3 is 2.46 bits per heavy atom. The van der Waals surface area contributed by atoms with Crippen LogP contribution in [0.3, 0.4) is 0 Å². The number of allylic oxidation sites excluding steroid dienone is 1. The number of benzene rings is 1. The fourth-order valence-electron chi connectivity index (χ4n) is 2.47. The first-order chi connectivity index (χ1) is 13.3. The minimum Gasteiger partial charge on any atom is -0.348 e. The van der Waals surface area contributed by atoms with E-state index < -0.39 is 18.6 Å². The third-order valence-corrected chi connectivity index (χ3v) is 3.98. The van der Waals surface area contributed by atoms with Crippen molar-refractivity contribution in [1.82, 2.24) is 25.6 Å². The topological polar surface area (TPSA) is 88.9 Å². The molecule has 3 rings (SSSR count). The molecule has 0 atom stereocenters. The molecule has 1 saturated carbocycles. The van der Waals surface area contributed by atoms with Crippen LogP contribution in [0.25, 0.3) is 11.8 Å². The lowest BCUT2D eigenvalue weighted by atomic mass is 10.2. The summed E-state index contributed by atoms with van der Waals surface area (Å²) in [5, 5.41) is 12.6. The van der Waals surface area contributed by atoms with E-state index in [0.29, 0.717) is 11.4 Å². The predicted molar refractivity (Wildman–Crippen MR) is 94.9 cm³/mol. The molecule has 0 radical (unpaired) electrons. The predicted octanol–water partition coefficient (Wildman–Crippen LogP) is 2.48. The molecule has 28 heavy (non-hydrogen) atoms. The molecule has 1 fully saturated rings. The maximum absolute atomic E-state index is 12.3. The highest BCUT2D eigenvalue weighted by atomic mass is 19.4. The van der Waals surface area contributed by atoms with E-state index in [2.05, 4.69) is 15.6 Å². The number of carbonyl (C=O) groups is 2. The Morgan fingerprint density at radius 2 is 1.89 bits per heavy atom. The summed E-state index contributed by atoms with van der Waals surface area (Å²) >= 11 is 0. The number of carbonyl (C=O) groups excluding carboxylic acids is 2. The maximum atomic E-state index is 12.3. The zero-order chi connectivity index (χ0) is 20.3. The van der Waals surface area contributed by atoms with Crippen LogP contribution in [0.1, 0.15) is 46.3 Å². The summed E-state index contributed by atoms with van der Waals surface area (Å²) in [6.07, 6.45) is 0.830. The van der Waals surface area contributed by atoms with Crippen LogP contribution >= 0.6 is 0 Å². The van der Waals surface area contributed by atoms with Crippen molar-refractivity contribution in [3.05, 3.63) is 47.3 Å². The SMILES string of the molecule is CC=Cc1c(C(=O)NC2CC2)nnn1-c1ccc(C(=O)NCC(F)(F)F)cc1. The Balaban J connectivity index is 1.80. The summed E-state index contributed by atoms with van der Waals surface area (Å²) in [5.41, 5.74) is 1.23. The molecule has 7 nitrogen and oxygen atoms in total. The van der Waals surface area contributed by atoms with Crippen molar-refractivity contribution in [1.29, 1.82) is 0 Å². The van der Waals surface area contributed by atoms with Crippen molar-refractivity contribution in [2.45, 2.75) is 32.0 Å². The number of aromatic nitrogens is 3. The second-order valence-corrected chi connectivity index (χ2v) is 6.33. The van der Waals surface area contributed by atoms with E-state index in [4.69, 9.17) is 0 Å². The third kappa shape index (κ3) is 4.76. The van der Waals surface area contributed by atoms with Crippen molar-refractivity contribution < 1.29 is 22.8 Å². The molecular weight excluding hydrogens is 375 g/mol. The van der Waals surface area contributed by atoms with Gasteiger partial charge in [-0.2, -0.15) is 13.2 Å². The van der Waals surface area contributed by atoms with Gasteiger partial charge in [0.15, 0.2) is 5.69 Å². The summed E-state index contributed by atoms with van der Waals surface area (Å²) in [7, 11) is 0. The van der Waals surface area contributed by atoms with Crippen LogP contribution in [0.4, 0.5) is 13.2 Å². The van der Waals surface area contributed by atoms with Gasteiger partial charge in [-0.3, -0.25) is 9.59 Å². The van der Waals surface area contributed by atoms with Gasteiger partial charge in [0.1, 0.15) is 6.54 Å². The molecule has 10 heteroatoms. The summed E-state index contributed by atoms with van der Waals surface area (Å²) in [6, 6.07) is 5.98. The van der Waals surface area contributed by atoms with Gasteiger partial charge in [-0.25, -0.2) is 4.68 Å². The van der Waals surface area contributed by atoms with E-state index in [1.807, 2.05) is 5.32 Å². The Hall–Kier alpha value is -3.17. The zero-order valence-electron chi connectivity index (χ0n) is 15.0. The minimum absolute atomic E-state index is 0.0763. The number of halogens is 3. The van der Waals surface area contributed by atoms with Gasteiger partial charge >= 0.3 is 6.18 Å². The molecule has 2 N–H and O–H groups in total. The van der Waals surface area contributed by atoms with Crippen LogP contribution in [0.2, 0.25) is 0 Å². The lowest BCUT2D eigenvalue weighted by Gasteiger charge is -2.09. The lowest BCUT2D eigenvalue weighted by Crippen LogP contribution is -2.33. The second-order valence-electron chi connectivity index (χ2n) is 6.33. The molecule has 0 saturated heterocycles. The molecule has 0 spiro atoms. The van der Waals surface area contributed by atoms with E-state index in [1.54, 1.807) is 19.1 Å². The second kappa shape index (κ2) is 7.83. The highest BCUT2D eigenvalue weighted by Gasteiger charge is 2.28. The van der Waals surface area contributed by atoms with E-state index in [1.165, 1.54) is 28.9 Å². The minimum atomic E-state index is -4.48. The smallest absolute Gasteiger partial charge is 0.348 e. The van der Waals surface area contributed by atoms with Crippen LogP contribution < -0.4 is 10.6 Å². The largest absolute Gasteiger partial charge is 0.405 e.